The van der Waals surface area contributed by atoms with E-state index in [9.17, 15) is 0 Å². The van der Waals surface area contributed by atoms with Crippen LogP contribution < -0.4 is 0 Å². The van der Waals surface area contributed by atoms with Gasteiger partial charge in [0.1, 0.15) is 0 Å². The molecule has 6 nitrogen and oxygen atoms in total. The van der Waals surface area contributed by atoms with Gasteiger partial charge in [0.2, 0.25) is 0 Å². The molecule has 21 aromatic carbocycles. The monoisotopic (exact) mass is 1610 g/mol. The van der Waals surface area contributed by atoms with Gasteiger partial charge >= 0.3 is 0 Å². The molecule has 0 amide bonds. The SMILES string of the molecule is c1ccc2c(c1)sc1c(-c3ccc(-c4ccc5c(c4)c4ccccc4c4nccnc54)c4ccccc34)cccc12.c1ccc2c(c1)sc1c(-c3ccc4ccc(-c5ccc6c(c5)c5ccccc5c5nccnc65)cc4c3)cccc12.c1ccc2c(c1)sc1c(-c3cccc4c(-c5ccc6c(c5)c5ccccc5c5nccnc65)cccc34)cccc12. The van der Waals surface area contributed by atoms with Crippen LogP contribution in [0.4, 0.5) is 0 Å². The van der Waals surface area contributed by atoms with E-state index in [1.165, 1.54) is 192 Å². The van der Waals surface area contributed by atoms with Crippen LogP contribution in [0.3, 0.4) is 0 Å². The quantitative estimate of drug-likeness (QED) is 0.154. The van der Waals surface area contributed by atoms with Gasteiger partial charge in [0, 0.05) is 141 Å². The molecule has 0 atom stereocenters. The van der Waals surface area contributed by atoms with Crippen LogP contribution in [-0.2, 0) is 0 Å². The van der Waals surface area contributed by atoms with Crippen molar-refractivity contribution in [1.29, 1.82) is 0 Å². The molecule has 27 aromatic rings. The Balaban J connectivity index is 0.000000101. The summed E-state index contributed by atoms with van der Waals surface area (Å²) in [5.74, 6) is 0. The summed E-state index contributed by atoms with van der Waals surface area (Å²) in [6, 6.07) is 133. The van der Waals surface area contributed by atoms with Crippen molar-refractivity contribution in [2.75, 3.05) is 0 Å². The van der Waals surface area contributed by atoms with E-state index in [1.807, 2.05) is 34.0 Å². The lowest BCUT2D eigenvalue weighted by atomic mass is 9.90. The standard InChI is InChI=1S/3C38H22N2S/c1-2-10-30-28(8-1)34-22-23(18-19-31(34)37-36(30)39-20-21-40-37)24-11-5-13-26-25(24)12-6-14-27(26)32-15-7-16-33-29-9-3-4-17-35(29)41-38(32)33;1-2-9-26-25(8-1)24(18-19-28(26)32-13-7-14-33-29-11-5-6-15-35(29)41-38(32)33)23-16-17-31-34(22-23)27-10-3-4-12-30(27)36-37(31)40-21-20-39-36;1-2-8-31-29(6-1)34-22-25(16-17-32(34)37-36(31)39-18-19-40-37)24-14-12-23-13-15-26(21-27(23)20-24)28-9-5-10-33-30-7-3-4-11-35(30)41-38(28)33/h3*1-22H. The van der Waals surface area contributed by atoms with E-state index >= 15 is 0 Å². The summed E-state index contributed by atoms with van der Waals surface area (Å²) < 4.78 is 8.03. The number of rotatable bonds is 6. The molecule has 0 fully saturated rings. The van der Waals surface area contributed by atoms with Crippen molar-refractivity contribution in [3.63, 3.8) is 0 Å². The molecular formula is C114H66N6S3. The van der Waals surface area contributed by atoms with E-state index in [2.05, 4.69) is 369 Å². The van der Waals surface area contributed by atoms with Crippen LogP contribution in [0, 0.1) is 0 Å². The first kappa shape index (κ1) is 70.6. The van der Waals surface area contributed by atoms with E-state index in [1.54, 1.807) is 37.2 Å². The maximum atomic E-state index is 4.74. The number of nitrogens with zero attached hydrogens (tertiary/aromatic N) is 6. The number of thiophene rings is 3. The molecule has 0 N–H and O–H groups in total. The molecule has 0 aliphatic carbocycles. The highest BCUT2D eigenvalue weighted by molar-refractivity contribution is 7.27. The van der Waals surface area contributed by atoms with E-state index in [4.69, 9.17) is 24.9 Å². The summed E-state index contributed by atoms with van der Waals surface area (Å²) in [5, 5.41) is 29.5. The van der Waals surface area contributed by atoms with Crippen LogP contribution in [0.25, 0.3) is 257 Å². The molecular weight excluding hydrogens is 1550 g/mol. The number of hydrogen-bond donors (Lipinski definition) is 0. The predicted octanol–water partition coefficient (Wildman–Crippen LogP) is 32.4. The summed E-state index contributed by atoms with van der Waals surface area (Å²) >= 11 is 5.65. The number of benzene rings is 21. The minimum Gasteiger partial charge on any atom is -0.252 e. The molecule has 0 radical (unpaired) electrons. The number of fused-ring (bicyclic) bond motifs is 30. The third-order valence-electron chi connectivity index (χ3n) is 25.1. The lowest BCUT2D eigenvalue weighted by molar-refractivity contribution is 1.31. The number of hydrogen-bond acceptors (Lipinski definition) is 9. The van der Waals surface area contributed by atoms with E-state index in [0.717, 1.165) is 65.4 Å². The molecule has 0 saturated heterocycles. The molecule has 6 heterocycles. The van der Waals surface area contributed by atoms with Gasteiger partial charge in [0.15, 0.2) is 0 Å². The molecule has 123 heavy (non-hydrogen) atoms. The van der Waals surface area contributed by atoms with Crippen molar-refractivity contribution >= 4 is 225 Å². The lowest BCUT2D eigenvalue weighted by Gasteiger charge is -2.14. The normalized spacial score (nSPS) is 11.9. The molecule has 0 aliphatic rings. The molecule has 0 saturated carbocycles. The van der Waals surface area contributed by atoms with Crippen LogP contribution in [0.1, 0.15) is 0 Å². The Labute approximate surface area is 716 Å². The smallest absolute Gasteiger partial charge is 0.0971 e. The zero-order valence-electron chi connectivity index (χ0n) is 66.0. The fraction of sp³-hybridized carbons (Fsp3) is 0. The maximum absolute atomic E-state index is 4.74. The Kier molecular flexibility index (Phi) is 16.5. The molecule has 570 valence electrons. The molecule has 6 aromatic heterocycles. The molecule has 9 heteroatoms. The third kappa shape index (κ3) is 11.5. The highest BCUT2D eigenvalue weighted by Gasteiger charge is 2.22. The minimum absolute atomic E-state index is 0.949. The number of aromatic nitrogens is 6. The zero-order chi connectivity index (χ0) is 80.7. The lowest BCUT2D eigenvalue weighted by Crippen LogP contribution is -1.90. The average Bonchev–Trinajstić information content (AvgIpc) is 1.73. The molecule has 0 bridgehead atoms. The second-order valence-corrected chi connectivity index (χ2v) is 34.9. The Bertz CT molecular complexity index is 8730. The van der Waals surface area contributed by atoms with Crippen molar-refractivity contribution in [3.8, 4) is 66.8 Å². The first-order valence-corrected chi connectivity index (χ1v) is 43.9. The largest absolute Gasteiger partial charge is 0.252 e. The Morgan fingerprint density at radius 3 is 0.821 bits per heavy atom. The minimum atomic E-state index is 0.949. The van der Waals surface area contributed by atoms with Gasteiger partial charge in [-0.25, -0.2) is 0 Å². The van der Waals surface area contributed by atoms with Crippen LogP contribution >= 0.6 is 34.0 Å². The molecule has 0 spiro atoms. The first-order valence-electron chi connectivity index (χ1n) is 41.5. The zero-order valence-corrected chi connectivity index (χ0v) is 68.5. The van der Waals surface area contributed by atoms with Gasteiger partial charge in [-0.3, -0.25) is 29.9 Å². The van der Waals surface area contributed by atoms with Gasteiger partial charge in [0.25, 0.3) is 0 Å². The fourth-order valence-electron chi connectivity index (χ4n) is 19.5. The van der Waals surface area contributed by atoms with Crippen molar-refractivity contribution in [2.24, 2.45) is 0 Å². The second-order valence-electron chi connectivity index (χ2n) is 31.7. The predicted molar refractivity (Wildman–Crippen MR) is 527 cm³/mol. The van der Waals surface area contributed by atoms with Crippen molar-refractivity contribution < 1.29 is 0 Å². The van der Waals surface area contributed by atoms with Crippen molar-refractivity contribution in [3.05, 3.63) is 401 Å². The maximum Gasteiger partial charge on any atom is 0.0971 e. The Hall–Kier alpha value is -15.4. The summed E-state index contributed by atoms with van der Waals surface area (Å²) in [6.07, 6.45) is 10.7. The van der Waals surface area contributed by atoms with Gasteiger partial charge in [-0.05, 0) is 169 Å². The summed E-state index contributed by atoms with van der Waals surface area (Å²) in [4.78, 5) is 28.3. The highest BCUT2D eigenvalue weighted by Crippen LogP contribution is 2.49. The van der Waals surface area contributed by atoms with Crippen LogP contribution in [0.15, 0.2) is 401 Å². The van der Waals surface area contributed by atoms with Crippen LogP contribution in [0.5, 0.6) is 0 Å². The van der Waals surface area contributed by atoms with E-state index in [-0.39, 0.29) is 0 Å². The summed E-state index contributed by atoms with van der Waals surface area (Å²) in [5.41, 5.74) is 20.7. The van der Waals surface area contributed by atoms with Crippen molar-refractivity contribution in [1.82, 2.24) is 29.9 Å². The van der Waals surface area contributed by atoms with E-state index in [0.29, 0.717) is 0 Å². The van der Waals surface area contributed by atoms with Gasteiger partial charge in [-0.2, -0.15) is 0 Å². The first-order chi connectivity index (χ1) is 61.0. The van der Waals surface area contributed by atoms with E-state index < -0.39 is 0 Å². The van der Waals surface area contributed by atoms with Crippen LogP contribution in [0.2, 0.25) is 0 Å². The van der Waals surface area contributed by atoms with Gasteiger partial charge in [-0.15, -0.1) is 34.0 Å². The Morgan fingerprint density at radius 1 is 0.138 bits per heavy atom. The third-order valence-corrected chi connectivity index (χ3v) is 28.7. The average molecular weight is 1620 g/mol. The fourth-order valence-corrected chi connectivity index (χ4v) is 23.2. The van der Waals surface area contributed by atoms with Crippen molar-refractivity contribution in [2.45, 2.75) is 0 Å². The topological polar surface area (TPSA) is 77.3 Å². The molecule has 27 rings (SSSR count). The van der Waals surface area contributed by atoms with Gasteiger partial charge in [-0.1, -0.05) is 315 Å². The Morgan fingerprint density at radius 2 is 0.390 bits per heavy atom. The second kappa shape index (κ2) is 28.7. The highest BCUT2D eigenvalue weighted by atomic mass is 32.1. The van der Waals surface area contributed by atoms with Crippen LogP contribution in [-0.4, -0.2) is 29.9 Å². The summed E-state index contributed by atoms with van der Waals surface area (Å²) in [6.45, 7) is 0. The summed E-state index contributed by atoms with van der Waals surface area (Å²) in [7, 11) is 0. The molecule has 0 aliphatic heterocycles. The van der Waals surface area contributed by atoms with Gasteiger partial charge < -0.3 is 0 Å². The molecule has 0 unspecified atom stereocenters. The van der Waals surface area contributed by atoms with Gasteiger partial charge in [0.05, 0.1) is 33.1 Å².